The standard InChI is InChI=1S/C14H20N2O/c1-3-12(15-4-2)10-16-13-8-6-5-7-11(13)9-14(16)17/h5-8,12,15H,3-4,9-10H2,1-2H3. The first-order chi connectivity index (χ1) is 8.26. The lowest BCUT2D eigenvalue weighted by atomic mass is 10.1. The number of amides is 1. The van der Waals surface area contributed by atoms with Gasteiger partial charge in [0.2, 0.25) is 5.91 Å². The number of hydrogen-bond donors (Lipinski definition) is 1. The van der Waals surface area contributed by atoms with E-state index in [9.17, 15) is 4.79 Å². The van der Waals surface area contributed by atoms with Crippen LogP contribution in [0.4, 0.5) is 5.69 Å². The van der Waals surface area contributed by atoms with E-state index < -0.39 is 0 Å². The van der Waals surface area contributed by atoms with Crippen LogP contribution in [-0.2, 0) is 11.2 Å². The summed E-state index contributed by atoms with van der Waals surface area (Å²) >= 11 is 0. The maximum atomic E-state index is 12.0. The molecule has 0 radical (unpaired) electrons. The third-order valence-corrected chi connectivity index (χ3v) is 3.31. The summed E-state index contributed by atoms with van der Waals surface area (Å²) in [5, 5.41) is 3.42. The molecule has 0 bridgehead atoms. The Labute approximate surface area is 103 Å². The minimum Gasteiger partial charge on any atom is -0.312 e. The molecule has 1 aliphatic rings. The number of benzene rings is 1. The second-order valence-electron chi connectivity index (χ2n) is 4.47. The molecule has 3 nitrogen and oxygen atoms in total. The van der Waals surface area contributed by atoms with Gasteiger partial charge in [0.1, 0.15) is 0 Å². The number of likely N-dealkylation sites (N-methyl/N-ethyl adjacent to an activating group) is 1. The lowest BCUT2D eigenvalue weighted by Crippen LogP contribution is -2.42. The minimum atomic E-state index is 0.225. The lowest BCUT2D eigenvalue weighted by Gasteiger charge is -2.24. The molecule has 1 unspecified atom stereocenters. The highest BCUT2D eigenvalue weighted by molar-refractivity contribution is 6.01. The van der Waals surface area contributed by atoms with Crippen molar-refractivity contribution in [3.63, 3.8) is 0 Å². The fourth-order valence-electron chi connectivity index (χ4n) is 2.36. The number of para-hydroxylation sites is 1. The van der Waals surface area contributed by atoms with Gasteiger partial charge in [-0.05, 0) is 24.6 Å². The van der Waals surface area contributed by atoms with Gasteiger partial charge in [0.25, 0.3) is 0 Å². The molecule has 2 rings (SSSR count). The first-order valence-corrected chi connectivity index (χ1v) is 6.37. The van der Waals surface area contributed by atoms with Crippen LogP contribution < -0.4 is 10.2 Å². The van der Waals surface area contributed by atoms with Gasteiger partial charge in [0.05, 0.1) is 6.42 Å². The maximum absolute atomic E-state index is 12.0. The molecule has 0 aliphatic carbocycles. The fraction of sp³-hybridized carbons (Fsp3) is 0.500. The first kappa shape index (κ1) is 12.1. The van der Waals surface area contributed by atoms with Gasteiger partial charge in [-0.2, -0.15) is 0 Å². The zero-order valence-electron chi connectivity index (χ0n) is 10.6. The zero-order chi connectivity index (χ0) is 12.3. The van der Waals surface area contributed by atoms with Crippen LogP contribution in [0.25, 0.3) is 0 Å². The second-order valence-corrected chi connectivity index (χ2v) is 4.47. The van der Waals surface area contributed by atoms with Gasteiger partial charge < -0.3 is 10.2 Å². The van der Waals surface area contributed by atoms with E-state index in [0.717, 1.165) is 30.8 Å². The molecule has 1 N–H and O–H groups in total. The number of rotatable bonds is 5. The van der Waals surface area contributed by atoms with Crippen LogP contribution in [0.3, 0.4) is 0 Å². The van der Waals surface area contributed by atoms with Crippen LogP contribution in [0.15, 0.2) is 24.3 Å². The summed E-state index contributed by atoms with van der Waals surface area (Å²) in [4.78, 5) is 13.9. The monoisotopic (exact) mass is 232 g/mol. The Morgan fingerprint density at radius 1 is 1.35 bits per heavy atom. The minimum absolute atomic E-state index is 0.225. The van der Waals surface area contributed by atoms with Crippen LogP contribution in [0.5, 0.6) is 0 Å². The molecule has 3 heteroatoms. The highest BCUT2D eigenvalue weighted by Crippen LogP contribution is 2.28. The van der Waals surface area contributed by atoms with Crippen LogP contribution in [-0.4, -0.2) is 25.0 Å². The summed E-state index contributed by atoms with van der Waals surface area (Å²) in [6.07, 6.45) is 1.60. The Hall–Kier alpha value is -1.35. The van der Waals surface area contributed by atoms with Crippen molar-refractivity contribution in [2.24, 2.45) is 0 Å². The van der Waals surface area contributed by atoms with Gasteiger partial charge in [0.15, 0.2) is 0 Å². The van der Waals surface area contributed by atoms with E-state index in [2.05, 4.69) is 19.2 Å². The van der Waals surface area contributed by atoms with E-state index in [1.807, 2.05) is 29.2 Å². The Morgan fingerprint density at radius 3 is 2.82 bits per heavy atom. The summed E-state index contributed by atoms with van der Waals surface area (Å²) in [5.41, 5.74) is 2.25. The van der Waals surface area contributed by atoms with E-state index in [1.165, 1.54) is 0 Å². The largest absolute Gasteiger partial charge is 0.312 e. The molecule has 1 heterocycles. The number of nitrogens with one attached hydrogen (secondary N) is 1. The van der Waals surface area contributed by atoms with Crippen LogP contribution in [0.2, 0.25) is 0 Å². The maximum Gasteiger partial charge on any atom is 0.231 e. The average Bonchev–Trinajstić information content (AvgIpc) is 2.65. The van der Waals surface area contributed by atoms with Gasteiger partial charge in [-0.25, -0.2) is 0 Å². The van der Waals surface area contributed by atoms with Crippen molar-refractivity contribution in [3.8, 4) is 0 Å². The molecule has 1 atom stereocenters. The summed E-state index contributed by atoms with van der Waals surface area (Å²) in [6, 6.07) is 8.46. The predicted octanol–water partition coefficient (Wildman–Crippen LogP) is 1.96. The Morgan fingerprint density at radius 2 is 2.12 bits per heavy atom. The van der Waals surface area contributed by atoms with Crippen LogP contribution in [0.1, 0.15) is 25.8 Å². The average molecular weight is 232 g/mol. The Balaban J connectivity index is 2.13. The number of nitrogens with zero attached hydrogens (tertiary/aromatic N) is 1. The number of anilines is 1. The van der Waals surface area contributed by atoms with Gasteiger partial charge >= 0.3 is 0 Å². The SMILES string of the molecule is CCNC(CC)CN1C(=O)Cc2ccccc21. The van der Waals surface area contributed by atoms with Crippen molar-refractivity contribution >= 4 is 11.6 Å². The third-order valence-electron chi connectivity index (χ3n) is 3.31. The van der Waals surface area contributed by atoms with Gasteiger partial charge in [-0.15, -0.1) is 0 Å². The molecule has 92 valence electrons. The quantitative estimate of drug-likeness (QED) is 0.841. The van der Waals surface area contributed by atoms with Crippen molar-refractivity contribution in [2.45, 2.75) is 32.7 Å². The number of hydrogen-bond acceptors (Lipinski definition) is 2. The Kier molecular flexibility index (Phi) is 3.79. The summed E-state index contributed by atoms with van der Waals surface area (Å²) < 4.78 is 0. The molecule has 0 aromatic heterocycles. The molecule has 1 aliphatic heterocycles. The third kappa shape index (κ3) is 2.50. The lowest BCUT2D eigenvalue weighted by molar-refractivity contribution is -0.117. The predicted molar refractivity (Wildman–Crippen MR) is 70.3 cm³/mol. The molecule has 17 heavy (non-hydrogen) atoms. The number of fused-ring (bicyclic) bond motifs is 1. The second kappa shape index (κ2) is 5.32. The van der Waals surface area contributed by atoms with Crippen LogP contribution >= 0.6 is 0 Å². The molecular weight excluding hydrogens is 212 g/mol. The van der Waals surface area contributed by atoms with E-state index >= 15 is 0 Å². The molecular formula is C14H20N2O. The molecule has 1 aromatic carbocycles. The molecule has 0 saturated carbocycles. The fourth-order valence-corrected chi connectivity index (χ4v) is 2.36. The van der Waals surface area contributed by atoms with E-state index in [1.54, 1.807) is 0 Å². The van der Waals surface area contributed by atoms with Gasteiger partial charge in [-0.3, -0.25) is 4.79 Å². The van der Waals surface area contributed by atoms with Crippen molar-refractivity contribution in [1.82, 2.24) is 5.32 Å². The number of carbonyl (C=O) groups is 1. The van der Waals surface area contributed by atoms with E-state index in [-0.39, 0.29) is 5.91 Å². The van der Waals surface area contributed by atoms with E-state index in [0.29, 0.717) is 12.5 Å². The normalized spacial score (nSPS) is 16.1. The van der Waals surface area contributed by atoms with Crippen molar-refractivity contribution in [3.05, 3.63) is 29.8 Å². The molecule has 1 amide bonds. The smallest absolute Gasteiger partial charge is 0.231 e. The summed E-state index contributed by atoms with van der Waals surface area (Å²) in [7, 11) is 0. The van der Waals surface area contributed by atoms with Gasteiger partial charge in [-0.1, -0.05) is 32.0 Å². The molecule has 0 fully saturated rings. The number of carbonyl (C=O) groups excluding carboxylic acids is 1. The Bertz CT molecular complexity index is 403. The highest BCUT2D eigenvalue weighted by Gasteiger charge is 2.27. The topological polar surface area (TPSA) is 32.3 Å². The summed E-state index contributed by atoms with van der Waals surface area (Å²) in [6.45, 7) is 5.98. The zero-order valence-corrected chi connectivity index (χ0v) is 10.6. The molecule has 1 aromatic rings. The molecule has 0 spiro atoms. The van der Waals surface area contributed by atoms with Crippen molar-refractivity contribution in [1.29, 1.82) is 0 Å². The van der Waals surface area contributed by atoms with Crippen molar-refractivity contribution < 1.29 is 4.79 Å². The van der Waals surface area contributed by atoms with E-state index in [4.69, 9.17) is 0 Å². The highest BCUT2D eigenvalue weighted by atomic mass is 16.2. The molecule has 0 saturated heterocycles. The van der Waals surface area contributed by atoms with Crippen molar-refractivity contribution in [2.75, 3.05) is 18.0 Å². The summed E-state index contributed by atoms with van der Waals surface area (Å²) in [5.74, 6) is 0.225. The van der Waals surface area contributed by atoms with Gasteiger partial charge in [0, 0.05) is 18.3 Å². The van der Waals surface area contributed by atoms with Crippen LogP contribution in [0, 0.1) is 0 Å². The first-order valence-electron chi connectivity index (χ1n) is 6.37.